The second-order valence-electron chi connectivity index (χ2n) is 6.86. The van der Waals surface area contributed by atoms with Gasteiger partial charge in [-0.05, 0) is 37.9 Å². The van der Waals surface area contributed by atoms with E-state index in [1.165, 1.54) is 4.57 Å². The third-order valence-corrected chi connectivity index (χ3v) is 5.16. The van der Waals surface area contributed by atoms with Crippen molar-refractivity contribution in [1.82, 2.24) is 14.5 Å². The summed E-state index contributed by atoms with van der Waals surface area (Å²) in [5.41, 5.74) is -0.134. The molecule has 140 valence electrons. The lowest BCUT2D eigenvalue weighted by molar-refractivity contribution is -0.152. The highest BCUT2D eigenvalue weighted by Gasteiger charge is 2.32. The van der Waals surface area contributed by atoms with Crippen LogP contribution in [0.25, 0.3) is 10.9 Å². The summed E-state index contributed by atoms with van der Waals surface area (Å²) in [5, 5.41) is 0.503. The molecule has 0 radical (unpaired) electrons. The Morgan fingerprint density at radius 2 is 2.04 bits per heavy atom. The van der Waals surface area contributed by atoms with Gasteiger partial charge in [0.25, 0.3) is 5.56 Å². The van der Waals surface area contributed by atoms with Crippen molar-refractivity contribution in [2.45, 2.75) is 26.8 Å². The van der Waals surface area contributed by atoms with Crippen molar-refractivity contribution in [3.63, 3.8) is 0 Å². The van der Waals surface area contributed by atoms with Gasteiger partial charge in [0.2, 0.25) is 0 Å². The number of hydrogen-bond acceptors (Lipinski definition) is 5. The Kier molecular flexibility index (Phi) is 5.56. The Morgan fingerprint density at radius 3 is 2.81 bits per heavy atom. The minimum Gasteiger partial charge on any atom is -0.466 e. The minimum absolute atomic E-state index is 0.157. The average Bonchev–Trinajstić information content (AvgIpc) is 2.63. The van der Waals surface area contributed by atoms with Gasteiger partial charge in [0.15, 0.2) is 0 Å². The number of likely N-dealkylation sites (tertiary alicyclic amines) is 1. The number of carbonyl (C=O) groups is 1. The number of rotatable bonds is 5. The molecule has 1 saturated heterocycles. The summed E-state index contributed by atoms with van der Waals surface area (Å²) in [7, 11) is 0. The number of hydrogen-bond donors (Lipinski definition) is 1. The summed E-state index contributed by atoms with van der Waals surface area (Å²) in [6.07, 6.45) is 0.895. The van der Waals surface area contributed by atoms with Crippen molar-refractivity contribution in [3.05, 3.63) is 45.1 Å². The smallest absolute Gasteiger partial charge is 0.328 e. The Labute approximate surface area is 151 Å². The third kappa shape index (κ3) is 3.72. The largest absolute Gasteiger partial charge is 0.466 e. The van der Waals surface area contributed by atoms with Crippen molar-refractivity contribution in [2.75, 3.05) is 26.2 Å². The zero-order chi connectivity index (χ0) is 18.7. The predicted octanol–water partition coefficient (Wildman–Crippen LogP) is 1.21. The van der Waals surface area contributed by atoms with Gasteiger partial charge in [-0.2, -0.15) is 0 Å². The van der Waals surface area contributed by atoms with E-state index in [1.54, 1.807) is 24.3 Å². The average molecular weight is 359 g/mol. The number of ether oxygens (including phenoxy) is 1. The van der Waals surface area contributed by atoms with Crippen LogP contribution in [-0.4, -0.2) is 46.7 Å². The molecule has 1 N–H and O–H groups in total. The fourth-order valence-electron chi connectivity index (χ4n) is 3.54. The molecular formula is C19H25N3O4. The highest BCUT2D eigenvalue weighted by atomic mass is 16.5. The van der Waals surface area contributed by atoms with E-state index in [2.05, 4.69) is 16.8 Å². The number of H-pyrrole nitrogens is 1. The molecular weight excluding hydrogens is 334 g/mol. The van der Waals surface area contributed by atoms with Gasteiger partial charge in [-0.15, -0.1) is 0 Å². The van der Waals surface area contributed by atoms with Crippen molar-refractivity contribution in [3.8, 4) is 0 Å². The molecule has 1 aliphatic heterocycles. The van der Waals surface area contributed by atoms with E-state index < -0.39 is 5.69 Å². The predicted molar refractivity (Wildman–Crippen MR) is 99.2 cm³/mol. The first-order valence-electron chi connectivity index (χ1n) is 9.12. The number of aromatic nitrogens is 2. The maximum atomic E-state index is 12.6. The normalized spacial score (nSPS) is 21.0. The molecule has 1 aromatic heterocycles. The zero-order valence-corrected chi connectivity index (χ0v) is 15.2. The molecule has 1 aromatic carbocycles. The number of para-hydroxylation sites is 1. The fourth-order valence-corrected chi connectivity index (χ4v) is 3.54. The van der Waals surface area contributed by atoms with Crippen molar-refractivity contribution in [2.24, 2.45) is 11.8 Å². The van der Waals surface area contributed by atoms with Gasteiger partial charge in [-0.25, -0.2) is 4.79 Å². The summed E-state index contributed by atoms with van der Waals surface area (Å²) < 4.78 is 6.41. The summed E-state index contributed by atoms with van der Waals surface area (Å²) in [4.78, 5) is 41.8. The molecule has 0 bridgehead atoms. The Morgan fingerprint density at radius 1 is 1.27 bits per heavy atom. The number of nitrogens with one attached hydrogen (secondary N) is 1. The molecule has 2 atom stereocenters. The van der Waals surface area contributed by atoms with Crippen LogP contribution in [-0.2, 0) is 16.1 Å². The summed E-state index contributed by atoms with van der Waals surface area (Å²) >= 11 is 0. The van der Waals surface area contributed by atoms with E-state index in [0.717, 1.165) is 13.0 Å². The number of esters is 1. The van der Waals surface area contributed by atoms with E-state index in [4.69, 9.17) is 4.74 Å². The van der Waals surface area contributed by atoms with Gasteiger partial charge in [0, 0.05) is 19.6 Å². The lowest BCUT2D eigenvalue weighted by Crippen LogP contribution is -2.46. The number of carbonyl (C=O) groups excluding carboxylic acids is 1. The topological polar surface area (TPSA) is 84.4 Å². The van der Waals surface area contributed by atoms with Crippen LogP contribution >= 0.6 is 0 Å². The molecule has 0 unspecified atom stereocenters. The molecule has 3 rings (SSSR count). The lowest BCUT2D eigenvalue weighted by atomic mass is 9.87. The van der Waals surface area contributed by atoms with Crippen molar-refractivity contribution in [1.29, 1.82) is 0 Å². The molecule has 1 aliphatic rings. The van der Waals surface area contributed by atoms with Crippen LogP contribution in [0.4, 0.5) is 0 Å². The van der Waals surface area contributed by atoms with E-state index >= 15 is 0 Å². The molecule has 7 heteroatoms. The number of fused-ring (bicyclic) bond motifs is 1. The van der Waals surface area contributed by atoms with Gasteiger partial charge in [-0.1, -0.05) is 19.1 Å². The van der Waals surface area contributed by atoms with E-state index in [-0.39, 0.29) is 23.4 Å². The molecule has 1 fully saturated rings. The molecule has 2 aromatic rings. The first kappa shape index (κ1) is 18.4. The first-order chi connectivity index (χ1) is 12.5. The maximum Gasteiger partial charge on any atom is 0.328 e. The Balaban J connectivity index is 1.73. The highest BCUT2D eigenvalue weighted by Crippen LogP contribution is 2.24. The van der Waals surface area contributed by atoms with Crippen LogP contribution in [0.15, 0.2) is 33.9 Å². The van der Waals surface area contributed by atoms with Gasteiger partial charge in [-0.3, -0.25) is 14.2 Å². The fraction of sp³-hybridized carbons (Fsp3) is 0.526. The third-order valence-electron chi connectivity index (χ3n) is 5.16. The standard InChI is InChI=1S/C19H25N3O4/c1-3-26-18(24)15-12-21(9-8-13(15)2)10-11-22-17(23)14-6-4-5-7-16(14)20-19(22)25/h4-7,13,15H,3,8-12H2,1-2H3,(H,20,25)/t13-,15-/m0/s1. The quantitative estimate of drug-likeness (QED) is 0.811. The highest BCUT2D eigenvalue weighted by molar-refractivity contribution is 5.76. The van der Waals surface area contributed by atoms with Crippen LogP contribution in [0.3, 0.4) is 0 Å². The molecule has 0 spiro atoms. The number of piperidine rings is 1. The molecule has 0 saturated carbocycles. The van der Waals surface area contributed by atoms with Gasteiger partial charge >= 0.3 is 11.7 Å². The zero-order valence-electron chi connectivity index (χ0n) is 15.2. The lowest BCUT2D eigenvalue weighted by Gasteiger charge is -2.35. The SMILES string of the molecule is CCOC(=O)[C@H]1CN(CCn2c(=O)[nH]c3ccccc3c2=O)CC[C@@H]1C. The summed E-state index contributed by atoms with van der Waals surface area (Å²) in [5.74, 6) is -0.0437. The van der Waals surface area contributed by atoms with Crippen LogP contribution in [0.2, 0.25) is 0 Å². The van der Waals surface area contributed by atoms with Crippen LogP contribution < -0.4 is 11.2 Å². The van der Waals surface area contributed by atoms with Crippen LogP contribution in [0.5, 0.6) is 0 Å². The summed E-state index contributed by atoms with van der Waals surface area (Å²) in [6, 6.07) is 7.00. The van der Waals surface area contributed by atoms with E-state index in [0.29, 0.717) is 37.1 Å². The van der Waals surface area contributed by atoms with Gasteiger partial charge in [0.1, 0.15) is 0 Å². The molecule has 0 amide bonds. The van der Waals surface area contributed by atoms with Crippen molar-refractivity contribution >= 4 is 16.9 Å². The Bertz CT molecular complexity index is 902. The maximum absolute atomic E-state index is 12.6. The number of aromatic amines is 1. The molecule has 2 heterocycles. The van der Waals surface area contributed by atoms with Gasteiger partial charge < -0.3 is 14.6 Å². The number of nitrogens with zero attached hydrogens (tertiary/aromatic N) is 2. The second kappa shape index (κ2) is 7.86. The van der Waals surface area contributed by atoms with E-state index in [1.807, 2.05) is 6.92 Å². The second-order valence-corrected chi connectivity index (χ2v) is 6.86. The van der Waals surface area contributed by atoms with Crippen LogP contribution in [0.1, 0.15) is 20.3 Å². The minimum atomic E-state index is -0.402. The molecule has 26 heavy (non-hydrogen) atoms. The molecule has 7 nitrogen and oxygen atoms in total. The van der Waals surface area contributed by atoms with Crippen molar-refractivity contribution < 1.29 is 9.53 Å². The van der Waals surface area contributed by atoms with Crippen LogP contribution in [0, 0.1) is 11.8 Å². The monoisotopic (exact) mass is 359 g/mol. The molecule has 0 aliphatic carbocycles. The summed E-state index contributed by atoms with van der Waals surface area (Å²) in [6.45, 7) is 6.54. The van der Waals surface area contributed by atoms with Gasteiger partial charge in [0.05, 0.1) is 23.4 Å². The first-order valence-corrected chi connectivity index (χ1v) is 9.12. The van der Waals surface area contributed by atoms with E-state index in [9.17, 15) is 14.4 Å². The Hall–Kier alpha value is -2.41. The number of benzene rings is 1.